The van der Waals surface area contributed by atoms with E-state index in [0.29, 0.717) is 0 Å². The van der Waals surface area contributed by atoms with Gasteiger partial charge >= 0.3 is 0 Å². The van der Waals surface area contributed by atoms with E-state index in [2.05, 4.69) is 45.6 Å². The topological polar surface area (TPSA) is 0 Å². The molecular formula is C15H26. The summed E-state index contributed by atoms with van der Waals surface area (Å²) in [4.78, 5) is 0. The van der Waals surface area contributed by atoms with E-state index in [1.54, 1.807) is 0 Å². The van der Waals surface area contributed by atoms with Crippen LogP contribution in [0, 0.1) is 5.92 Å². The molecule has 0 aromatic heterocycles. The Morgan fingerprint density at radius 1 is 1.20 bits per heavy atom. The van der Waals surface area contributed by atoms with Crippen LogP contribution in [0.3, 0.4) is 0 Å². The van der Waals surface area contributed by atoms with E-state index in [9.17, 15) is 0 Å². The Balaban J connectivity index is 4.31. The molecule has 0 nitrogen and oxygen atoms in total. The van der Waals surface area contributed by atoms with E-state index in [4.69, 9.17) is 0 Å². The van der Waals surface area contributed by atoms with Gasteiger partial charge in [0.15, 0.2) is 0 Å². The summed E-state index contributed by atoms with van der Waals surface area (Å²) >= 11 is 0. The van der Waals surface area contributed by atoms with Crippen LogP contribution in [0.15, 0.2) is 36.5 Å². The minimum Gasteiger partial charge on any atom is -0.0991 e. The maximum atomic E-state index is 3.77. The monoisotopic (exact) mass is 206 g/mol. The van der Waals surface area contributed by atoms with Gasteiger partial charge in [0.25, 0.3) is 0 Å². The standard InChI is InChI=1S/C15H26/c1-5-9-14(10-6-2)13-15(11-7-3)12-8-4/h5-6,9-10,15H,1,7-8,11-13H2,2-4H3/b10-6-,14-9+. The number of hydrogen-bond donors (Lipinski definition) is 0. The van der Waals surface area contributed by atoms with Gasteiger partial charge in [-0.1, -0.05) is 70.4 Å². The normalized spacial score (nSPS) is 12.7. The number of allylic oxidation sites excluding steroid dienone is 5. The van der Waals surface area contributed by atoms with Crippen LogP contribution in [0.1, 0.15) is 52.9 Å². The minimum absolute atomic E-state index is 0.849. The van der Waals surface area contributed by atoms with Crippen molar-refractivity contribution in [2.24, 2.45) is 5.92 Å². The zero-order chi connectivity index (χ0) is 11.5. The maximum absolute atomic E-state index is 3.77. The van der Waals surface area contributed by atoms with Gasteiger partial charge < -0.3 is 0 Å². The van der Waals surface area contributed by atoms with Gasteiger partial charge in [0.05, 0.1) is 0 Å². The van der Waals surface area contributed by atoms with Crippen LogP contribution >= 0.6 is 0 Å². The Morgan fingerprint density at radius 3 is 2.20 bits per heavy atom. The molecule has 0 radical (unpaired) electrons. The van der Waals surface area contributed by atoms with Crippen molar-refractivity contribution in [3.63, 3.8) is 0 Å². The summed E-state index contributed by atoms with van der Waals surface area (Å²) in [5.41, 5.74) is 1.42. The lowest BCUT2D eigenvalue weighted by atomic mass is 9.90. The van der Waals surface area contributed by atoms with Crippen LogP contribution in [-0.4, -0.2) is 0 Å². The molecule has 0 bridgehead atoms. The molecule has 15 heavy (non-hydrogen) atoms. The summed E-state index contributed by atoms with van der Waals surface area (Å²) < 4.78 is 0. The van der Waals surface area contributed by atoms with Gasteiger partial charge in [0.1, 0.15) is 0 Å². The first-order chi connectivity index (χ1) is 7.28. The molecule has 0 aliphatic heterocycles. The molecule has 0 N–H and O–H groups in total. The molecule has 86 valence electrons. The molecule has 0 aromatic carbocycles. The zero-order valence-electron chi connectivity index (χ0n) is 10.6. The van der Waals surface area contributed by atoms with E-state index >= 15 is 0 Å². The minimum atomic E-state index is 0.849. The molecule has 0 heterocycles. The Bertz CT molecular complexity index is 202. The lowest BCUT2D eigenvalue weighted by molar-refractivity contribution is 0.439. The van der Waals surface area contributed by atoms with Crippen LogP contribution in [0.5, 0.6) is 0 Å². The summed E-state index contributed by atoms with van der Waals surface area (Å²) in [5.74, 6) is 0.849. The van der Waals surface area contributed by atoms with Crippen molar-refractivity contribution in [3.8, 4) is 0 Å². The Kier molecular flexibility index (Phi) is 9.26. The summed E-state index contributed by atoms with van der Waals surface area (Å²) in [6.07, 6.45) is 14.8. The lowest BCUT2D eigenvalue weighted by Gasteiger charge is -2.15. The maximum Gasteiger partial charge on any atom is -0.0251 e. The van der Waals surface area contributed by atoms with Crippen molar-refractivity contribution in [3.05, 3.63) is 36.5 Å². The van der Waals surface area contributed by atoms with Crippen molar-refractivity contribution in [1.29, 1.82) is 0 Å². The smallest absolute Gasteiger partial charge is 0.0251 e. The summed E-state index contributed by atoms with van der Waals surface area (Å²) in [5, 5.41) is 0. The summed E-state index contributed by atoms with van der Waals surface area (Å²) in [7, 11) is 0. The molecule has 0 spiro atoms. The number of hydrogen-bond acceptors (Lipinski definition) is 0. The van der Waals surface area contributed by atoms with Gasteiger partial charge in [-0.25, -0.2) is 0 Å². The molecule has 0 fully saturated rings. The average Bonchev–Trinajstić information content (AvgIpc) is 2.19. The van der Waals surface area contributed by atoms with Crippen molar-refractivity contribution in [2.45, 2.75) is 52.9 Å². The van der Waals surface area contributed by atoms with E-state index in [1.807, 2.05) is 6.08 Å². The van der Waals surface area contributed by atoms with Gasteiger partial charge in [-0.05, 0) is 24.8 Å². The SMILES string of the molecule is C=C/C=C(\C=C/C)CC(CCC)CCC. The van der Waals surface area contributed by atoms with Crippen LogP contribution in [0.2, 0.25) is 0 Å². The van der Waals surface area contributed by atoms with Crippen LogP contribution < -0.4 is 0 Å². The quantitative estimate of drug-likeness (QED) is 0.474. The van der Waals surface area contributed by atoms with Crippen molar-refractivity contribution >= 4 is 0 Å². The van der Waals surface area contributed by atoms with E-state index < -0.39 is 0 Å². The molecule has 0 aliphatic rings. The molecule has 0 heteroatoms. The Morgan fingerprint density at radius 2 is 1.80 bits per heavy atom. The fraction of sp³-hybridized carbons (Fsp3) is 0.600. The fourth-order valence-electron chi connectivity index (χ4n) is 2.06. The Hall–Kier alpha value is -0.780. The molecule has 0 rings (SSSR count). The van der Waals surface area contributed by atoms with Crippen molar-refractivity contribution in [2.75, 3.05) is 0 Å². The van der Waals surface area contributed by atoms with Gasteiger partial charge in [-0.2, -0.15) is 0 Å². The first kappa shape index (κ1) is 14.2. The highest BCUT2D eigenvalue weighted by atomic mass is 14.1. The fourth-order valence-corrected chi connectivity index (χ4v) is 2.06. The largest absolute Gasteiger partial charge is 0.0991 e. The average molecular weight is 206 g/mol. The lowest BCUT2D eigenvalue weighted by Crippen LogP contribution is -2.00. The highest BCUT2D eigenvalue weighted by Crippen LogP contribution is 2.22. The second kappa shape index (κ2) is 9.76. The highest BCUT2D eigenvalue weighted by Gasteiger charge is 2.07. The predicted octanol–water partition coefficient (Wildman–Crippen LogP) is 5.28. The van der Waals surface area contributed by atoms with Gasteiger partial charge in [0, 0.05) is 0 Å². The van der Waals surface area contributed by atoms with Crippen LogP contribution in [0.25, 0.3) is 0 Å². The molecule has 0 aromatic rings. The predicted molar refractivity (Wildman–Crippen MR) is 71.0 cm³/mol. The summed E-state index contributed by atoms with van der Waals surface area (Å²) in [6, 6.07) is 0. The molecule has 0 unspecified atom stereocenters. The molecular weight excluding hydrogens is 180 g/mol. The van der Waals surface area contributed by atoms with Gasteiger partial charge in [-0.3, -0.25) is 0 Å². The van der Waals surface area contributed by atoms with E-state index in [1.165, 1.54) is 37.7 Å². The molecule has 0 aliphatic carbocycles. The molecule has 0 atom stereocenters. The third-order valence-corrected chi connectivity index (χ3v) is 2.63. The number of rotatable bonds is 8. The van der Waals surface area contributed by atoms with Crippen LogP contribution in [-0.2, 0) is 0 Å². The molecule has 0 saturated carbocycles. The first-order valence-corrected chi connectivity index (χ1v) is 6.22. The van der Waals surface area contributed by atoms with E-state index in [-0.39, 0.29) is 0 Å². The molecule has 0 saturated heterocycles. The van der Waals surface area contributed by atoms with Crippen LogP contribution in [0.4, 0.5) is 0 Å². The summed E-state index contributed by atoms with van der Waals surface area (Å²) in [6.45, 7) is 10.4. The van der Waals surface area contributed by atoms with Gasteiger partial charge in [-0.15, -0.1) is 0 Å². The zero-order valence-corrected chi connectivity index (χ0v) is 10.6. The molecule has 0 amide bonds. The first-order valence-electron chi connectivity index (χ1n) is 6.22. The third-order valence-electron chi connectivity index (χ3n) is 2.63. The van der Waals surface area contributed by atoms with Gasteiger partial charge in [0.2, 0.25) is 0 Å². The second-order valence-electron chi connectivity index (χ2n) is 4.12. The van der Waals surface area contributed by atoms with E-state index in [0.717, 1.165) is 5.92 Å². The Labute approximate surface area is 95.8 Å². The highest BCUT2D eigenvalue weighted by molar-refractivity contribution is 5.22. The second-order valence-corrected chi connectivity index (χ2v) is 4.12. The third kappa shape index (κ3) is 7.18. The van der Waals surface area contributed by atoms with Crippen molar-refractivity contribution in [1.82, 2.24) is 0 Å². The van der Waals surface area contributed by atoms with Crippen molar-refractivity contribution < 1.29 is 0 Å².